The number of hydrogen-bond acceptors (Lipinski definition) is 4. The molecule has 28 heavy (non-hydrogen) atoms. The summed E-state index contributed by atoms with van der Waals surface area (Å²) < 4.78 is 5.36. The molecule has 1 fully saturated rings. The molecule has 0 unspecified atom stereocenters. The number of benzene rings is 2. The van der Waals surface area contributed by atoms with E-state index in [4.69, 9.17) is 4.74 Å². The Balaban J connectivity index is 1.35. The number of carbonyl (C=O) groups excluding carboxylic acids is 2. The van der Waals surface area contributed by atoms with Crippen molar-refractivity contribution in [2.45, 2.75) is 13.0 Å². The van der Waals surface area contributed by atoms with Crippen LogP contribution in [0.2, 0.25) is 0 Å². The van der Waals surface area contributed by atoms with Gasteiger partial charge in [-0.15, -0.1) is 0 Å². The molecule has 1 aliphatic rings. The first kappa shape index (κ1) is 19.9. The Hall–Kier alpha value is -2.90. The predicted molar refractivity (Wildman–Crippen MR) is 109 cm³/mol. The molecule has 148 valence electrons. The monoisotopic (exact) mass is 382 g/mol. The second kappa shape index (κ2) is 10.4. The number of hydrogen-bond donors (Lipinski definition) is 3. The second-order valence-corrected chi connectivity index (χ2v) is 6.63. The number of amides is 3. The van der Waals surface area contributed by atoms with E-state index in [2.05, 4.69) is 20.9 Å². The van der Waals surface area contributed by atoms with Gasteiger partial charge in [0.05, 0.1) is 13.2 Å². The van der Waals surface area contributed by atoms with Crippen molar-refractivity contribution >= 4 is 23.3 Å². The van der Waals surface area contributed by atoms with Crippen molar-refractivity contribution in [1.29, 1.82) is 0 Å². The van der Waals surface area contributed by atoms with Gasteiger partial charge in [-0.2, -0.15) is 0 Å². The highest BCUT2D eigenvalue weighted by Crippen LogP contribution is 2.12. The van der Waals surface area contributed by atoms with Crippen molar-refractivity contribution in [2.24, 2.45) is 0 Å². The topological polar surface area (TPSA) is 82.7 Å². The van der Waals surface area contributed by atoms with Gasteiger partial charge in [-0.3, -0.25) is 9.69 Å². The quantitative estimate of drug-likeness (QED) is 0.688. The van der Waals surface area contributed by atoms with Gasteiger partial charge >= 0.3 is 6.03 Å². The molecule has 1 saturated heterocycles. The average Bonchev–Trinajstić information content (AvgIpc) is 2.71. The zero-order valence-electron chi connectivity index (χ0n) is 15.8. The van der Waals surface area contributed by atoms with Crippen molar-refractivity contribution < 1.29 is 14.3 Å². The maximum absolute atomic E-state index is 12.0. The SMILES string of the molecule is O=C(CCNC(=O)Nc1ccccc1)Nc1ccc(CN2CCOCC2)cc1. The summed E-state index contributed by atoms with van der Waals surface area (Å²) in [6.07, 6.45) is 0.206. The molecule has 1 heterocycles. The van der Waals surface area contributed by atoms with E-state index >= 15 is 0 Å². The number of para-hydroxylation sites is 1. The van der Waals surface area contributed by atoms with Crippen molar-refractivity contribution in [3.8, 4) is 0 Å². The maximum atomic E-state index is 12.0. The van der Waals surface area contributed by atoms with Crippen LogP contribution < -0.4 is 16.0 Å². The largest absolute Gasteiger partial charge is 0.379 e. The minimum atomic E-state index is -0.327. The van der Waals surface area contributed by atoms with E-state index in [1.807, 2.05) is 42.5 Å². The summed E-state index contributed by atoms with van der Waals surface area (Å²) in [6.45, 7) is 4.61. The minimum Gasteiger partial charge on any atom is -0.379 e. The van der Waals surface area contributed by atoms with Crippen molar-refractivity contribution in [3.63, 3.8) is 0 Å². The standard InChI is InChI=1S/C21H26N4O3/c26-20(10-11-22-21(27)24-18-4-2-1-3-5-18)23-19-8-6-17(7-9-19)16-25-12-14-28-15-13-25/h1-9H,10-16H2,(H,23,26)(H2,22,24,27). The Morgan fingerprint density at radius 3 is 2.29 bits per heavy atom. The van der Waals surface area contributed by atoms with E-state index in [1.54, 1.807) is 12.1 Å². The highest BCUT2D eigenvalue weighted by Gasteiger charge is 2.11. The zero-order chi connectivity index (χ0) is 19.6. The highest BCUT2D eigenvalue weighted by atomic mass is 16.5. The normalized spacial score (nSPS) is 14.3. The summed E-state index contributed by atoms with van der Waals surface area (Å²) in [5.41, 5.74) is 2.67. The van der Waals surface area contributed by atoms with Gasteiger partial charge in [0, 0.05) is 44.0 Å². The first-order valence-corrected chi connectivity index (χ1v) is 9.48. The number of rotatable bonds is 7. The van der Waals surface area contributed by atoms with Crippen LogP contribution >= 0.6 is 0 Å². The van der Waals surface area contributed by atoms with Gasteiger partial charge in [0.25, 0.3) is 0 Å². The van der Waals surface area contributed by atoms with Crippen LogP contribution in [0, 0.1) is 0 Å². The Bertz CT molecular complexity index is 759. The molecule has 1 aliphatic heterocycles. The van der Waals surface area contributed by atoms with Crippen LogP contribution in [-0.4, -0.2) is 49.7 Å². The molecule has 0 atom stereocenters. The summed E-state index contributed by atoms with van der Waals surface area (Å²) in [4.78, 5) is 26.2. The van der Waals surface area contributed by atoms with Crippen LogP contribution in [0.5, 0.6) is 0 Å². The molecule has 0 aliphatic carbocycles. The smallest absolute Gasteiger partial charge is 0.319 e. The van der Waals surface area contributed by atoms with Gasteiger partial charge in [-0.05, 0) is 29.8 Å². The van der Waals surface area contributed by atoms with Crippen molar-refractivity contribution in [1.82, 2.24) is 10.2 Å². The summed E-state index contributed by atoms with van der Waals surface area (Å²) >= 11 is 0. The number of nitrogens with one attached hydrogen (secondary N) is 3. The Labute approximate surface area is 165 Å². The second-order valence-electron chi connectivity index (χ2n) is 6.63. The lowest BCUT2D eigenvalue weighted by Crippen LogP contribution is -2.35. The third-order valence-electron chi connectivity index (χ3n) is 4.42. The fourth-order valence-electron chi connectivity index (χ4n) is 2.92. The molecule has 0 saturated carbocycles. The van der Waals surface area contributed by atoms with Gasteiger partial charge in [0.1, 0.15) is 0 Å². The van der Waals surface area contributed by atoms with Crippen LogP contribution in [0.25, 0.3) is 0 Å². The van der Waals surface area contributed by atoms with E-state index in [-0.39, 0.29) is 24.9 Å². The molecule has 7 heteroatoms. The van der Waals surface area contributed by atoms with E-state index in [0.29, 0.717) is 5.69 Å². The molecule has 0 radical (unpaired) electrons. The first-order valence-electron chi connectivity index (χ1n) is 9.48. The Morgan fingerprint density at radius 2 is 1.57 bits per heavy atom. The number of anilines is 2. The highest BCUT2D eigenvalue weighted by molar-refractivity contribution is 5.92. The fourth-order valence-corrected chi connectivity index (χ4v) is 2.92. The van der Waals surface area contributed by atoms with Crippen LogP contribution in [0.3, 0.4) is 0 Å². The molecule has 0 aromatic heterocycles. The molecule has 3 rings (SSSR count). The van der Waals surface area contributed by atoms with Crippen molar-refractivity contribution in [3.05, 3.63) is 60.2 Å². The molecule has 2 aromatic rings. The predicted octanol–water partition coefficient (Wildman–Crippen LogP) is 2.67. The lowest BCUT2D eigenvalue weighted by molar-refractivity contribution is -0.116. The van der Waals surface area contributed by atoms with Crippen LogP contribution in [-0.2, 0) is 16.1 Å². The molecule has 7 nitrogen and oxygen atoms in total. The first-order chi connectivity index (χ1) is 13.7. The number of nitrogens with zero attached hydrogens (tertiary/aromatic N) is 1. The molecule has 0 spiro atoms. The third-order valence-corrected chi connectivity index (χ3v) is 4.42. The number of urea groups is 1. The van der Waals surface area contributed by atoms with Crippen molar-refractivity contribution in [2.75, 3.05) is 43.5 Å². The van der Waals surface area contributed by atoms with Crippen LogP contribution in [0.15, 0.2) is 54.6 Å². The molecular weight excluding hydrogens is 356 g/mol. The fraction of sp³-hybridized carbons (Fsp3) is 0.333. The summed E-state index contributed by atoms with van der Waals surface area (Å²) in [7, 11) is 0. The Morgan fingerprint density at radius 1 is 0.893 bits per heavy atom. The molecule has 3 N–H and O–H groups in total. The van der Waals surface area contributed by atoms with Gasteiger partial charge in [0.2, 0.25) is 5.91 Å². The summed E-state index contributed by atoms with van der Waals surface area (Å²) in [6, 6.07) is 16.7. The van der Waals surface area contributed by atoms with Gasteiger partial charge < -0.3 is 20.7 Å². The van der Waals surface area contributed by atoms with Crippen LogP contribution in [0.1, 0.15) is 12.0 Å². The maximum Gasteiger partial charge on any atom is 0.319 e. The van der Waals surface area contributed by atoms with Gasteiger partial charge in [-0.1, -0.05) is 30.3 Å². The van der Waals surface area contributed by atoms with E-state index < -0.39 is 0 Å². The summed E-state index contributed by atoms with van der Waals surface area (Å²) in [5, 5.41) is 8.24. The molecule has 3 amide bonds. The summed E-state index contributed by atoms with van der Waals surface area (Å²) in [5.74, 6) is -0.138. The van der Waals surface area contributed by atoms with E-state index in [1.165, 1.54) is 5.56 Å². The molecule has 0 bridgehead atoms. The zero-order valence-corrected chi connectivity index (χ0v) is 15.8. The third kappa shape index (κ3) is 6.68. The number of ether oxygens (including phenoxy) is 1. The van der Waals surface area contributed by atoms with Crippen LogP contribution in [0.4, 0.5) is 16.2 Å². The lowest BCUT2D eigenvalue weighted by atomic mass is 10.2. The molecular formula is C21H26N4O3. The molecule has 2 aromatic carbocycles. The van der Waals surface area contributed by atoms with E-state index in [0.717, 1.165) is 38.5 Å². The minimum absolute atomic E-state index is 0.138. The number of morpholine rings is 1. The van der Waals surface area contributed by atoms with Gasteiger partial charge in [-0.25, -0.2) is 4.79 Å². The average molecular weight is 382 g/mol. The Kier molecular flexibility index (Phi) is 7.40. The number of carbonyl (C=O) groups is 2. The van der Waals surface area contributed by atoms with Gasteiger partial charge in [0.15, 0.2) is 0 Å². The van der Waals surface area contributed by atoms with E-state index in [9.17, 15) is 9.59 Å². The lowest BCUT2D eigenvalue weighted by Gasteiger charge is -2.26.